The summed E-state index contributed by atoms with van der Waals surface area (Å²) in [5.41, 5.74) is 6.76. The Bertz CT molecular complexity index is 481. The molecular weight excluding hydrogens is 261 g/mol. The van der Waals surface area contributed by atoms with Crippen molar-refractivity contribution in [1.82, 2.24) is 9.78 Å². The van der Waals surface area contributed by atoms with Crippen LogP contribution in [0.2, 0.25) is 0 Å². The van der Waals surface area contributed by atoms with Gasteiger partial charge < -0.3 is 5.73 Å². The number of nitrogens with zero attached hydrogens (tertiary/aromatic N) is 2. The van der Waals surface area contributed by atoms with E-state index in [9.17, 15) is 4.39 Å². The summed E-state index contributed by atoms with van der Waals surface area (Å²) < 4.78 is 15.6. The zero-order valence-electron chi connectivity index (χ0n) is 7.82. The lowest BCUT2D eigenvalue weighted by Gasteiger charge is -2.04. The first-order valence-corrected chi connectivity index (χ1v) is 5.20. The van der Waals surface area contributed by atoms with E-state index in [-0.39, 0.29) is 5.82 Å². The highest BCUT2D eigenvalue weighted by Gasteiger charge is 2.10. The molecule has 0 aliphatic rings. The summed E-state index contributed by atoms with van der Waals surface area (Å²) in [6.45, 7) is 0.370. The van der Waals surface area contributed by atoms with Crippen molar-refractivity contribution in [3.8, 4) is 5.69 Å². The second-order valence-corrected chi connectivity index (χ2v) is 3.78. The van der Waals surface area contributed by atoms with Gasteiger partial charge in [-0.2, -0.15) is 5.10 Å². The molecule has 78 valence electrons. The second kappa shape index (κ2) is 4.12. The van der Waals surface area contributed by atoms with Crippen molar-refractivity contribution in [2.45, 2.75) is 6.54 Å². The number of rotatable bonds is 2. The number of hydrogen-bond acceptors (Lipinski definition) is 2. The Morgan fingerprint density at radius 2 is 2.13 bits per heavy atom. The van der Waals surface area contributed by atoms with Gasteiger partial charge in [0.15, 0.2) is 0 Å². The molecule has 1 heterocycles. The third-order valence-electron chi connectivity index (χ3n) is 2.08. The van der Waals surface area contributed by atoms with Crippen LogP contribution in [0.3, 0.4) is 0 Å². The lowest BCUT2D eigenvalue weighted by atomic mass is 10.3. The van der Waals surface area contributed by atoms with Crippen LogP contribution in [0.15, 0.2) is 35.1 Å². The minimum absolute atomic E-state index is 0.315. The summed E-state index contributed by atoms with van der Waals surface area (Å²) in [6.07, 6.45) is 1.62. The fourth-order valence-corrected chi connectivity index (χ4v) is 1.84. The Labute approximate surface area is 94.8 Å². The third kappa shape index (κ3) is 1.80. The SMILES string of the molecule is NCc1cnn(-c2ccccc2F)c1Br. The number of benzene rings is 1. The Balaban J connectivity index is 2.55. The number of para-hydroxylation sites is 1. The number of aromatic nitrogens is 2. The lowest BCUT2D eigenvalue weighted by Crippen LogP contribution is -2.01. The summed E-state index contributed by atoms with van der Waals surface area (Å²) >= 11 is 3.34. The van der Waals surface area contributed by atoms with Gasteiger partial charge in [0, 0.05) is 12.1 Å². The average Bonchev–Trinajstić information content (AvgIpc) is 2.60. The van der Waals surface area contributed by atoms with Crippen LogP contribution in [-0.4, -0.2) is 9.78 Å². The molecule has 0 atom stereocenters. The van der Waals surface area contributed by atoms with Gasteiger partial charge >= 0.3 is 0 Å². The summed E-state index contributed by atoms with van der Waals surface area (Å²) in [6, 6.07) is 6.45. The predicted octanol–water partition coefficient (Wildman–Crippen LogP) is 2.23. The highest BCUT2D eigenvalue weighted by atomic mass is 79.9. The second-order valence-electron chi connectivity index (χ2n) is 3.03. The summed E-state index contributed by atoms with van der Waals surface area (Å²) in [5.74, 6) is -0.315. The Morgan fingerprint density at radius 3 is 2.73 bits per heavy atom. The third-order valence-corrected chi connectivity index (χ3v) is 2.93. The van der Waals surface area contributed by atoms with E-state index >= 15 is 0 Å². The first kappa shape index (κ1) is 10.3. The molecule has 0 amide bonds. The van der Waals surface area contributed by atoms with Crippen molar-refractivity contribution < 1.29 is 4.39 Å². The highest BCUT2D eigenvalue weighted by Crippen LogP contribution is 2.21. The van der Waals surface area contributed by atoms with Crippen LogP contribution < -0.4 is 5.73 Å². The quantitative estimate of drug-likeness (QED) is 0.909. The van der Waals surface area contributed by atoms with Crippen LogP contribution in [0.25, 0.3) is 5.69 Å². The van der Waals surface area contributed by atoms with E-state index < -0.39 is 0 Å². The maximum Gasteiger partial charge on any atom is 0.148 e. The Kier molecular flexibility index (Phi) is 2.83. The molecule has 15 heavy (non-hydrogen) atoms. The van der Waals surface area contributed by atoms with E-state index in [4.69, 9.17) is 5.73 Å². The molecule has 0 fully saturated rings. The molecule has 0 spiro atoms. The molecule has 1 aromatic heterocycles. The van der Waals surface area contributed by atoms with E-state index in [1.807, 2.05) is 0 Å². The van der Waals surface area contributed by atoms with Gasteiger partial charge in [-0.15, -0.1) is 0 Å². The number of hydrogen-bond donors (Lipinski definition) is 1. The summed E-state index contributed by atoms with van der Waals surface area (Å²) in [7, 11) is 0. The fraction of sp³-hybridized carbons (Fsp3) is 0.100. The Hall–Kier alpha value is -1.20. The number of halogens is 2. The standard InChI is InChI=1S/C10H9BrFN3/c11-10-7(5-13)6-14-15(10)9-4-2-1-3-8(9)12/h1-4,6H,5,13H2. The Morgan fingerprint density at radius 1 is 1.40 bits per heavy atom. The van der Waals surface area contributed by atoms with Crippen LogP contribution in [0.4, 0.5) is 4.39 Å². The highest BCUT2D eigenvalue weighted by molar-refractivity contribution is 9.10. The molecule has 0 saturated carbocycles. The van der Waals surface area contributed by atoms with Gasteiger partial charge in [0.25, 0.3) is 0 Å². The topological polar surface area (TPSA) is 43.8 Å². The van der Waals surface area contributed by atoms with E-state index in [0.29, 0.717) is 16.8 Å². The molecule has 0 saturated heterocycles. The van der Waals surface area contributed by atoms with Crippen LogP contribution in [0, 0.1) is 5.82 Å². The van der Waals surface area contributed by atoms with Crippen molar-refractivity contribution in [3.05, 3.63) is 46.4 Å². The smallest absolute Gasteiger partial charge is 0.148 e. The molecule has 1 aromatic carbocycles. The van der Waals surface area contributed by atoms with Gasteiger partial charge in [0.2, 0.25) is 0 Å². The normalized spacial score (nSPS) is 10.6. The van der Waals surface area contributed by atoms with Crippen molar-refractivity contribution in [2.75, 3.05) is 0 Å². The molecule has 0 bridgehead atoms. The van der Waals surface area contributed by atoms with Gasteiger partial charge in [0.1, 0.15) is 16.1 Å². The monoisotopic (exact) mass is 269 g/mol. The van der Waals surface area contributed by atoms with Crippen molar-refractivity contribution in [1.29, 1.82) is 0 Å². The molecule has 2 N–H and O–H groups in total. The largest absolute Gasteiger partial charge is 0.326 e. The molecule has 0 unspecified atom stereocenters. The first-order chi connectivity index (χ1) is 7.24. The molecular formula is C10H9BrFN3. The molecule has 2 aromatic rings. The summed E-state index contributed by atoms with van der Waals surface area (Å²) in [4.78, 5) is 0. The number of nitrogens with two attached hydrogens (primary N) is 1. The van der Waals surface area contributed by atoms with Gasteiger partial charge in [0.05, 0.1) is 6.20 Å². The van der Waals surface area contributed by atoms with Crippen LogP contribution in [0.1, 0.15) is 5.56 Å². The first-order valence-electron chi connectivity index (χ1n) is 4.41. The van der Waals surface area contributed by atoms with Crippen molar-refractivity contribution in [3.63, 3.8) is 0 Å². The maximum absolute atomic E-state index is 13.5. The zero-order chi connectivity index (χ0) is 10.8. The fourth-order valence-electron chi connectivity index (χ4n) is 1.30. The predicted molar refractivity (Wildman–Crippen MR) is 59.1 cm³/mol. The minimum atomic E-state index is -0.315. The molecule has 0 aliphatic heterocycles. The maximum atomic E-state index is 13.5. The van der Waals surface area contributed by atoms with Crippen molar-refractivity contribution in [2.24, 2.45) is 5.73 Å². The van der Waals surface area contributed by atoms with Crippen LogP contribution in [-0.2, 0) is 6.54 Å². The van der Waals surface area contributed by atoms with Gasteiger partial charge in [-0.3, -0.25) is 0 Å². The van der Waals surface area contributed by atoms with Gasteiger partial charge in [-0.25, -0.2) is 9.07 Å². The zero-order valence-corrected chi connectivity index (χ0v) is 9.41. The average molecular weight is 270 g/mol. The van der Waals surface area contributed by atoms with E-state index in [1.165, 1.54) is 10.7 Å². The minimum Gasteiger partial charge on any atom is -0.326 e. The van der Waals surface area contributed by atoms with E-state index in [2.05, 4.69) is 21.0 Å². The lowest BCUT2D eigenvalue weighted by molar-refractivity contribution is 0.609. The van der Waals surface area contributed by atoms with Crippen LogP contribution in [0.5, 0.6) is 0 Å². The molecule has 2 rings (SSSR count). The van der Waals surface area contributed by atoms with Gasteiger partial charge in [-0.05, 0) is 28.1 Å². The van der Waals surface area contributed by atoms with E-state index in [1.54, 1.807) is 24.4 Å². The van der Waals surface area contributed by atoms with E-state index in [0.717, 1.165) is 5.56 Å². The van der Waals surface area contributed by atoms with Gasteiger partial charge in [-0.1, -0.05) is 12.1 Å². The molecule has 0 aliphatic carbocycles. The molecule has 3 nitrogen and oxygen atoms in total. The van der Waals surface area contributed by atoms with Crippen LogP contribution >= 0.6 is 15.9 Å². The van der Waals surface area contributed by atoms with Crippen molar-refractivity contribution >= 4 is 15.9 Å². The summed E-state index contributed by atoms with van der Waals surface area (Å²) in [5, 5.41) is 4.07. The molecule has 0 radical (unpaired) electrons. The molecule has 5 heteroatoms.